The van der Waals surface area contributed by atoms with Crippen molar-refractivity contribution in [3.05, 3.63) is 77.9 Å². The van der Waals surface area contributed by atoms with E-state index in [-0.39, 0.29) is 17.5 Å². The molecular weight excluding hydrogens is 387 g/mol. The summed E-state index contributed by atoms with van der Waals surface area (Å²) in [5.74, 6) is -0.142. The highest BCUT2D eigenvalue weighted by atomic mass is 32.2. The third-order valence-corrected chi connectivity index (χ3v) is 5.57. The normalized spacial score (nSPS) is 11.0. The maximum absolute atomic E-state index is 13.2. The molecule has 29 heavy (non-hydrogen) atoms. The molecule has 0 aliphatic carbocycles. The number of nitrogens with one attached hydrogen (secondary N) is 1. The molecule has 2 aromatic carbocycles. The molecule has 7 heteroatoms. The van der Waals surface area contributed by atoms with Crippen molar-refractivity contribution >= 4 is 28.9 Å². The maximum Gasteiger partial charge on any atom is 0.234 e. The molecule has 5 nitrogen and oxygen atoms in total. The number of anilines is 1. The lowest BCUT2D eigenvalue weighted by Crippen LogP contribution is -2.15. The van der Waals surface area contributed by atoms with Crippen LogP contribution in [0.15, 0.2) is 66.0 Å². The Bertz CT molecular complexity index is 1170. The molecule has 0 fully saturated rings. The van der Waals surface area contributed by atoms with Gasteiger partial charge in [-0.3, -0.25) is 4.79 Å². The minimum atomic E-state index is -0.287. The highest BCUT2D eigenvalue weighted by Crippen LogP contribution is 2.27. The van der Waals surface area contributed by atoms with Gasteiger partial charge in [0.25, 0.3) is 0 Å². The van der Waals surface area contributed by atoms with Crippen molar-refractivity contribution in [2.45, 2.75) is 18.9 Å². The lowest BCUT2D eigenvalue weighted by atomic mass is 10.1. The molecule has 0 aliphatic rings. The largest absolute Gasteiger partial charge is 0.325 e. The molecule has 4 aromatic rings. The fourth-order valence-electron chi connectivity index (χ4n) is 3.09. The number of carbonyl (C=O) groups is 1. The van der Waals surface area contributed by atoms with Crippen molar-refractivity contribution in [3.63, 3.8) is 0 Å². The number of carbonyl (C=O) groups excluding carboxylic acids is 1. The summed E-state index contributed by atoms with van der Waals surface area (Å²) in [5.41, 5.74) is 5.26. The minimum absolute atomic E-state index is 0.0884. The number of benzene rings is 2. The highest BCUT2D eigenvalue weighted by Gasteiger charge is 2.13. The van der Waals surface area contributed by atoms with Gasteiger partial charge in [0.05, 0.1) is 17.0 Å². The third-order valence-electron chi connectivity index (χ3n) is 4.58. The molecule has 0 bridgehead atoms. The summed E-state index contributed by atoms with van der Waals surface area (Å²) in [5, 5.41) is 8.23. The standard InChI is InChI=1S/C22H19FN4OS/c1-14-4-3-5-15(2)21(14)25-20(28)13-29-22-19-12-18(26-27(19)11-10-24-22)16-6-8-17(23)9-7-16/h3-12H,13H2,1-2H3,(H,25,28). The summed E-state index contributed by atoms with van der Waals surface area (Å²) >= 11 is 1.36. The minimum Gasteiger partial charge on any atom is -0.325 e. The van der Waals surface area contributed by atoms with E-state index in [2.05, 4.69) is 15.4 Å². The lowest BCUT2D eigenvalue weighted by Gasteiger charge is -2.11. The Morgan fingerprint density at radius 3 is 2.59 bits per heavy atom. The van der Waals surface area contributed by atoms with Crippen LogP contribution < -0.4 is 5.32 Å². The zero-order chi connectivity index (χ0) is 20.4. The van der Waals surface area contributed by atoms with Crippen molar-refractivity contribution in [1.82, 2.24) is 14.6 Å². The van der Waals surface area contributed by atoms with Gasteiger partial charge in [0.1, 0.15) is 10.8 Å². The monoisotopic (exact) mass is 406 g/mol. The number of fused-ring (bicyclic) bond motifs is 1. The number of amides is 1. The van der Waals surface area contributed by atoms with Crippen LogP contribution in [0.25, 0.3) is 16.8 Å². The molecule has 0 spiro atoms. The first kappa shape index (κ1) is 19.1. The van der Waals surface area contributed by atoms with Gasteiger partial charge in [-0.25, -0.2) is 13.9 Å². The first-order valence-electron chi connectivity index (χ1n) is 9.10. The second-order valence-corrected chi connectivity index (χ2v) is 7.67. The smallest absolute Gasteiger partial charge is 0.234 e. The molecule has 1 amide bonds. The Morgan fingerprint density at radius 2 is 1.86 bits per heavy atom. The van der Waals surface area contributed by atoms with Crippen LogP contribution in [0.2, 0.25) is 0 Å². The summed E-state index contributed by atoms with van der Waals surface area (Å²) in [4.78, 5) is 16.9. The van der Waals surface area contributed by atoms with Crippen LogP contribution >= 0.6 is 11.8 Å². The van der Waals surface area contributed by atoms with Crippen LogP contribution in [-0.2, 0) is 4.79 Å². The zero-order valence-electron chi connectivity index (χ0n) is 16.0. The predicted molar refractivity (Wildman–Crippen MR) is 114 cm³/mol. The van der Waals surface area contributed by atoms with E-state index in [0.29, 0.717) is 5.03 Å². The van der Waals surface area contributed by atoms with Crippen molar-refractivity contribution in [1.29, 1.82) is 0 Å². The van der Waals surface area contributed by atoms with Gasteiger partial charge < -0.3 is 5.32 Å². The first-order chi connectivity index (χ1) is 14.0. The summed E-state index contributed by atoms with van der Waals surface area (Å²) < 4.78 is 14.9. The number of halogens is 1. The number of para-hydroxylation sites is 1. The van der Waals surface area contributed by atoms with E-state index in [1.807, 2.05) is 38.1 Å². The molecule has 1 N–H and O–H groups in total. The second-order valence-electron chi connectivity index (χ2n) is 6.70. The number of hydrogen-bond acceptors (Lipinski definition) is 4. The Labute approximate surface area is 172 Å². The Morgan fingerprint density at radius 1 is 1.14 bits per heavy atom. The fourth-order valence-corrected chi connectivity index (χ4v) is 3.87. The molecule has 0 unspecified atom stereocenters. The van der Waals surface area contributed by atoms with Crippen molar-refractivity contribution in [3.8, 4) is 11.3 Å². The van der Waals surface area contributed by atoms with E-state index < -0.39 is 0 Å². The molecule has 0 saturated heterocycles. The number of thioether (sulfide) groups is 1. The van der Waals surface area contributed by atoms with Gasteiger partial charge in [-0.1, -0.05) is 30.0 Å². The van der Waals surface area contributed by atoms with Gasteiger partial charge in [0, 0.05) is 23.6 Å². The van der Waals surface area contributed by atoms with E-state index in [1.54, 1.807) is 29.0 Å². The average Bonchev–Trinajstić information content (AvgIpc) is 3.14. The molecule has 2 heterocycles. The van der Waals surface area contributed by atoms with Crippen molar-refractivity contribution in [2.24, 2.45) is 0 Å². The summed E-state index contributed by atoms with van der Waals surface area (Å²) in [7, 11) is 0. The van der Waals surface area contributed by atoms with Crippen molar-refractivity contribution in [2.75, 3.05) is 11.1 Å². The molecule has 2 aromatic heterocycles. The fraction of sp³-hybridized carbons (Fsp3) is 0.136. The summed E-state index contributed by atoms with van der Waals surface area (Å²) in [6.45, 7) is 3.95. The quantitative estimate of drug-likeness (QED) is 0.480. The highest BCUT2D eigenvalue weighted by molar-refractivity contribution is 8.00. The van der Waals surface area contributed by atoms with Crippen LogP contribution in [0.1, 0.15) is 11.1 Å². The predicted octanol–water partition coefficient (Wildman–Crippen LogP) is 4.88. The van der Waals surface area contributed by atoms with Gasteiger partial charge in [-0.05, 0) is 55.3 Å². The molecular formula is C22H19FN4OS. The van der Waals surface area contributed by atoms with E-state index in [1.165, 1.54) is 23.9 Å². The average molecular weight is 406 g/mol. The van der Waals surface area contributed by atoms with Gasteiger partial charge in [-0.15, -0.1) is 0 Å². The van der Waals surface area contributed by atoms with Crippen LogP contribution in [0.5, 0.6) is 0 Å². The molecule has 0 atom stereocenters. The number of aromatic nitrogens is 3. The number of aryl methyl sites for hydroxylation is 2. The maximum atomic E-state index is 13.2. The van der Waals surface area contributed by atoms with E-state index in [4.69, 9.17) is 0 Å². The zero-order valence-corrected chi connectivity index (χ0v) is 16.8. The lowest BCUT2D eigenvalue weighted by molar-refractivity contribution is -0.113. The molecule has 146 valence electrons. The Balaban J connectivity index is 1.52. The number of nitrogens with zero attached hydrogens (tertiary/aromatic N) is 3. The van der Waals surface area contributed by atoms with Gasteiger partial charge >= 0.3 is 0 Å². The second kappa shape index (κ2) is 8.05. The van der Waals surface area contributed by atoms with E-state index >= 15 is 0 Å². The van der Waals surface area contributed by atoms with Crippen LogP contribution in [0.4, 0.5) is 10.1 Å². The van der Waals surface area contributed by atoms with Gasteiger partial charge in [-0.2, -0.15) is 5.10 Å². The molecule has 4 rings (SSSR count). The molecule has 0 saturated carbocycles. The van der Waals surface area contributed by atoms with Crippen LogP contribution in [0.3, 0.4) is 0 Å². The van der Waals surface area contributed by atoms with Crippen LogP contribution in [-0.4, -0.2) is 26.3 Å². The SMILES string of the molecule is Cc1cccc(C)c1NC(=O)CSc1nccn2nc(-c3ccc(F)cc3)cc12. The van der Waals surface area contributed by atoms with Crippen molar-refractivity contribution < 1.29 is 9.18 Å². The summed E-state index contributed by atoms with van der Waals surface area (Å²) in [6, 6.07) is 14.0. The molecule has 0 aliphatic heterocycles. The summed E-state index contributed by atoms with van der Waals surface area (Å²) in [6.07, 6.45) is 3.41. The Kier molecular flexibility index (Phi) is 5.31. The van der Waals surface area contributed by atoms with Gasteiger partial charge in [0.2, 0.25) is 5.91 Å². The Hall–Kier alpha value is -3.19. The van der Waals surface area contributed by atoms with Gasteiger partial charge in [0.15, 0.2) is 0 Å². The van der Waals surface area contributed by atoms with E-state index in [0.717, 1.165) is 33.6 Å². The first-order valence-corrected chi connectivity index (χ1v) is 10.1. The molecule has 0 radical (unpaired) electrons. The topological polar surface area (TPSA) is 59.3 Å². The number of hydrogen-bond donors (Lipinski definition) is 1. The van der Waals surface area contributed by atoms with Crippen LogP contribution in [0, 0.1) is 19.7 Å². The third kappa shape index (κ3) is 4.14. The number of rotatable bonds is 5. The van der Waals surface area contributed by atoms with E-state index in [9.17, 15) is 9.18 Å².